The largest absolute Gasteiger partial charge is 0.483 e. The van der Waals surface area contributed by atoms with Crippen LogP contribution in [0, 0.1) is 6.92 Å². The van der Waals surface area contributed by atoms with Crippen LogP contribution in [-0.2, 0) is 16.1 Å². The molecule has 0 aliphatic rings. The second kappa shape index (κ2) is 11.5. The first-order valence-electron chi connectivity index (χ1n) is 10.4. The molecule has 0 aliphatic heterocycles. The molecule has 0 saturated carbocycles. The van der Waals surface area contributed by atoms with Crippen molar-refractivity contribution in [3.05, 3.63) is 51.6 Å². The lowest BCUT2D eigenvalue weighted by atomic mass is 10.3. The molecule has 176 valence electrons. The Balaban J connectivity index is 1.64. The highest BCUT2D eigenvalue weighted by Crippen LogP contribution is 2.29. The molecule has 33 heavy (non-hydrogen) atoms. The number of thioether (sulfide) groups is 1. The van der Waals surface area contributed by atoms with E-state index in [1.807, 2.05) is 37.5 Å². The number of amides is 1. The van der Waals surface area contributed by atoms with Crippen molar-refractivity contribution in [3.8, 4) is 5.75 Å². The zero-order valence-electron chi connectivity index (χ0n) is 18.8. The number of carbonyl (C=O) groups excluding carboxylic acids is 2. The van der Waals surface area contributed by atoms with Gasteiger partial charge in [-0.25, -0.2) is 4.79 Å². The standard InChI is InChI=1S/C22H25ClN4O4S2/c1-5-27-19(14(4)31-16-9-7-8-15(23)11-16)25-26-22(27)32-12-18(28)24-20-17(10-13(3)33-20)21(29)30-6-2/h7-11,14H,5-6,12H2,1-4H3,(H,24,28). The number of rotatable bonds is 10. The number of hydrogen-bond donors (Lipinski definition) is 1. The zero-order chi connectivity index (χ0) is 24.0. The van der Waals surface area contributed by atoms with E-state index in [0.717, 1.165) is 4.88 Å². The third kappa shape index (κ3) is 6.49. The monoisotopic (exact) mass is 508 g/mol. The highest BCUT2D eigenvalue weighted by atomic mass is 35.5. The van der Waals surface area contributed by atoms with E-state index in [9.17, 15) is 9.59 Å². The number of anilines is 1. The summed E-state index contributed by atoms with van der Waals surface area (Å²) in [6, 6.07) is 8.87. The fourth-order valence-corrected chi connectivity index (χ4v) is 4.97. The Morgan fingerprint density at radius 1 is 1.27 bits per heavy atom. The predicted molar refractivity (Wildman–Crippen MR) is 131 cm³/mol. The number of benzene rings is 1. The highest BCUT2D eigenvalue weighted by Gasteiger charge is 2.21. The van der Waals surface area contributed by atoms with Crippen LogP contribution in [0.4, 0.5) is 5.00 Å². The quantitative estimate of drug-likeness (QED) is 0.290. The lowest BCUT2D eigenvalue weighted by molar-refractivity contribution is -0.113. The van der Waals surface area contributed by atoms with Gasteiger partial charge in [-0.3, -0.25) is 4.79 Å². The van der Waals surface area contributed by atoms with Gasteiger partial charge in [0.2, 0.25) is 5.91 Å². The van der Waals surface area contributed by atoms with E-state index >= 15 is 0 Å². The van der Waals surface area contributed by atoms with Crippen molar-refractivity contribution in [1.29, 1.82) is 0 Å². The number of nitrogens with one attached hydrogen (secondary N) is 1. The average Bonchev–Trinajstić information content (AvgIpc) is 3.35. The van der Waals surface area contributed by atoms with E-state index in [4.69, 9.17) is 21.1 Å². The molecule has 1 aromatic carbocycles. The van der Waals surface area contributed by atoms with Crippen LogP contribution >= 0.6 is 34.7 Å². The van der Waals surface area contributed by atoms with Gasteiger partial charge < -0.3 is 19.4 Å². The van der Waals surface area contributed by atoms with Crippen molar-refractivity contribution in [2.24, 2.45) is 0 Å². The van der Waals surface area contributed by atoms with Crippen molar-refractivity contribution in [2.75, 3.05) is 17.7 Å². The van der Waals surface area contributed by atoms with Crippen LogP contribution in [0.5, 0.6) is 5.75 Å². The normalized spacial score (nSPS) is 11.8. The van der Waals surface area contributed by atoms with Gasteiger partial charge in [-0.15, -0.1) is 21.5 Å². The van der Waals surface area contributed by atoms with E-state index in [1.54, 1.807) is 25.1 Å². The summed E-state index contributed by atoms with van der Waals surface area (Å²) in [7, 11) is 0. The third-order valence-electron chi connectivity index (χ3n) is 4.47. The minimum Gasteiger partial charge on any atom is -0.483 e. The lowest BCUT2D eigenvalue weighted by Gasteiger charge is -2.15. The van der Waals surface area contributed by atoms with Gasteiger partial charge in [-0.05, 0) is 52.0 Å². The maximum atomic E-state index is 12.6. The summed E-state index contributed by atoms with van der Waals surface area (Å²) >= 11 is 8.63. The number of ether oxygens (including phenoxy) is 2. The second-order valence-electron chi connectivity index (χ2n) is 6.96. The number of aryl methyl sites for hydroxylation is 1. The van der Waals surface area contributed by atoms with Gasteiger partial charge in [0.15, 0.2) is 17.1 Å². The summed E-state index contributed by atoms with van der Waals surface area (Å²) in [5.74, 6) is 0.703. The molecule has 1 amide bonds. The topological polar surface area (TPSA) is 95.3 Å². The molecule has 0 aliphatic carbocycles. The van der Waals surface area contributed by atoms with Gasteiger partial charge in [0, 0.05) is 16.4 Å². The summed E-state index contributed by atoms with van der Waals surface area (Å²) in [5.41, 5.74) is 0.365. The molecule has 3 aromatic rings. The molecular formula is C22H25ClN4O4S2. The number of carbonyl (C=O) groups is 2. The molecule has 2 aromatic heterocycles. The second-order valence-corrected chi connectivity index (χ2v) is 9.59. The number of esters is 1. The van der Waals surface area contributed by atoms with Crippen LogP contribution in [0.25, 0.3) is 0 Å². The Morgan fingerprint density at radius 2 is 2.06 bits per heavy atom. The molecule has 1 N–H and O–H groups in total. The van der Waals surface area contributed by atoms with E-state index in [1.165, 1.54) is 23.1 Å². The van der Waals surface area contributed by atoms with Crippen LogP contribution in [0.3, 0.4) is 0 Å². The molecular weight excluding hydrogens is 484 g/mol. The molecule has 8 nitrogen and oxygen atoms in total. The molecule has 3 rings (SSSR count). The van der Waals surface area contributed by atoms with E-state index in [0.29, 0.717) is 38.9 Å². The maximum absolute atomic E-state index is 12.6. The van der Waals surface area contributed by atoms with Crippen LogP contribution in [0.2, 0.25) is 5.02 Å². The summed E-state index contributed by atoms with van der Waals surface area (Å²) in [6.45, 7) is 8.36. The number of nitrogens with zero attached hydrogens (tertiary/aromatic N) is 3. The van der Waals surface area contributed by atoms with Crippen LogP contribution in [0.15, 0.2) is 35.5 Å². The van der Waals surface area contributed by atoms with Crippen molar-refractivity contribution in [2.45, 2.75) is 45.5 Å². The van der Waals surface area contributed by atoms with Gasteiger partial charge in [0.05, 0.1) is 17.9 Å². The van der Waals surface area contributed by atoms with Crippen LogP contribution < -0.4 is 10.1 Å². The maximum Gasteiger partial charge on any atom is 0.341 e. The fourth-order valence-electron chi connectivity index (χ4n) is 3.06. The summed E-state index contributed by atoms with van der Waals surface area (Å²) in [4.78, 5) is 25.6. The number of hydrogen-bond acceptors (Lipinski definition) is 8. The first-order valence-corrected chi connectivity index (χ1v) is 12.6. The third-order valence-corrected chi connectivity index (χ3v) is 6.64. The van der Waals surface area contributed by atoms with Gasteiger partial charge in [0.1, 0.15) is 10.8 Å². The molecule has 0 radical (unpaired) electrons. The van der Waals surface area contributed by atoms with Crippen LogP contribution in [0.1, 0.15) is 47.9 Å². The Morgan fingerprint density at radius 3 is 2.76 bits per heavy atom. The predicted octanol–water partition coefficient (Wildman–Crippen LogP) is 5.37. The Labute approximate surface area is 205 Å². The molecule has 0 fully saturated rings. The molecule has 0 bridgehead atoms. The first-order chi connectivity index (χ1) is 15.8. The minimum atomic E-state index is -0.450. The summed E-state index contributed by atoms with van der Waals surface area (Å²) in [5, 5.41) is 13.0. The molecule has 1 unspecified atom stereocenters. The van der Waals surface area contributed by atoms with Gasteiger partial charge in [0.25, 0.3) is 0 Å². The van der Waals surface area contributed by atoms with Gasteiger partial charge in [-0.1, -0.05) is 29.4 Å². The minimum absolute atomic E-state index is 0.112. The molecule has 11 heteroatoms. The summed E-state index contributed by atoms with van der Waals surface area (Å²) < 4.78 is 12.9. The van der Waals surface area contributed by atoms with Crippen molar-refractivity contribution in [1.82, 2.24) is 14.8 Å². The van der Waals surface area contributed by atoms with Crippen molar-refractivity contribution in [3.63, 3.8) is 0 Å². The SMILES string of the molecule is CCOC(=O)c1cc(C)sc1NC(=O)CSc1nnc(C(C)Oc2cccc(Cl)c2)n1CC. The van der Waals surface area contributed by atoms with Crippen molar-refractivity contribution >= 4 is 51.6 Å². The molecule has 0 spiro atoms. The van der Waals surface area contributed by atoms with E-state index < -0.39 is 5.97 Å². The first kappa shape index (κ1) is 25.1. The van der Waals surface area contributed by atoms with Gasteiger partial charge >= 0.3 is 5.97 Å². The van der Waals surface area contributed by atoms with E-state index in [-0.39, 0.29) is 24.4 Å². The molecule has 2 heterocycles. The summed E-state index contributed by atoms with van der Waals surface area (Å²) in [6.07, 6.45) is -0.361. The lowest BCUT2D eigenvalue weighted by Crippen LogP contribution is -2.16. The van der Waals surface area contributed by atoms with Crippen LogP contribution in [-0.4, -0.2) is 39.0 Å². The smallest absolute Gasteiger partial charge is 0.341 e. The molecule has 1 atom stereocenters. The Kier molecular flexibility index (Phi) is 8.76. The average molecular weight is 509 g/mol. The van der Waals surface area contributed by atoms with Gasteiger partial charge in [-0.2, -0.15) is 0 Å². The van der Waals surface area contributed by atoms with Crippen molar-refractivity contribution < 1.29 is 19.1 Å². The Bertz CT molecular complexity index is 1130. The number of aromatic nitrogens is 3. The fraction of sp³-hybridized carbons (Fsp3) is 0.364. The number of thiophene rings is 1. The highest BCUT2D eigenvalue weighted by molar-refractivity contribution is 7.99. The van der Waals surface area contributed by atoms with E-state index in [2.05, 4.69) is 15.5 Å². The Hall–Kier alpha value is -2.56. The number of halogens is 1. The zero-order valence-corrected chi connectivity index (χ0v) is 21.1. The molecule has 0 saturated heterocycles.